The highest BCUT2D eigenvalue weighted by atomic mass is 31.2. The lowest BCUT2D eigenvalue weighted by molar-refractivity contribution is -0.290. The van der Waals surface area contributed by atoms with Crippen LogP contribution in [0.3, 0.4) is 0 Å². The van der Waals surface area contributed by atoms with Gasteiger partial charge in [-0.05, 0) is 34.9 Å². The van der Waals surface area contributed by atoms with Crippen LogP contribution in [0, 0.1) is 0 Å². The van der Waals surface area contributed by atoms with Crippen molar-refractivity contribution in [2.45, 2.75) is 18.7 Å². The molecule has 4 aromatic heterocycles. The molecule has 1 aromatic carbocycles. The largest absolute Gasteiger partial charge is 0.459 e. The lowest BCUT2D eigenvalue weighted by atomic mass is 9.99. The summed E-state index contributed by atoms with van der Waals surface area (Å²) in [4.78, 5) is 25.7. The summed E-state index contributed by atoms with van der Waals surface area (Å²) >= 11 is 0. The Balaban J connectivity index is 1.72. The first-order valence-electron chi connectivity index (χ1n) is 9.99. The molecule has 0 bridgehead atoms. The standard InChI is InChI=1S/C21H13F5N5O4P/c22-20(23,21(24,25)26)16-7-14(12-3-1-11(2-4-12)9-35-36(32)33)13-5-6-17-28-15(19-30-27-10-34-19)8-31(17)18(13)29-16/h1-8,10,32-33H,9H2. The zero-order valence-corrected chi connectivity index (χ0v) is 18.6. The van der Waals surface area contributed by atoms with Gasteiger partial charge in [-0.15, -0.1) is 10.2 Å². The molecule has 0 spiro atoms. The molecule has 0 fully saturated rings. The van der Waals surface area contributed by atoms with Crippen molar-refractivity contribution in [3.8, 4) is 22.7 Å². The molecule has 186 valence electrons. The number of benzene rings is 1. The van der Waals surface area contributed by atoms with Crippen LogP contribution in [0.2, 0.25) is 0 Å². The van der Waals surface area contributed by atoms with Gasteiger partial charge in [-0.1, -0.05) is 24.3 Å². The summed E-state index contributed by atoms with van der Waals surface area (Å²) in [5, 5.41) is 7.55. The van der Waals surface area contributed by atoms with E-state index in [0.29, 0.717) is 17.2 Å². The molecule has 0 aliphatic rings. The number of nitrogens with zero attached hydrogens (tertiary/aromatic N) is 5. The van der Waals surface area contributed by atoms with E-state index in [1.165, 1.54) is 40.9 Å². The van der Waals surface area contributed by atoms with Crippen LogP contribution in [-0.4, -0.2) is 40.5 Å². The average molecular weight is 525 g/mol. The van der Waals surface area contributed by atoms with Gasteiger partial charge in [-0.25, -0.2) is 9.97 Å². The highest BCUT2D eigenvalue weighted by molar-refractivity contribution is 7.39. The van der Waals surface area contributed by atoms with E-state index in [-0.39, 0.29) is 40.4 Å². The van der Waals surface area contributed by atoms with Gasteiger partial charge in [-0.3, -0.25) is 4.40 Å². The van der Waals surface area contributed by atoms with Gasteiger partial charge in [0.05, 0.1) is 6.61 Å². The van der Waals surface area contributed by atoms with Gasteiger partial charge >= 0.3 is 20.7 Å². The zero-order valence-electron chi connectivity index (χ0n) is 17.7. The minimum atomic E-state index is -5.88. The molecule has 9 nitrogen and oxygen atoms in total. The second-order valence-corrected chi connectivity index (χ2v) is 8.28. The van der Waals surface area contributed by atoms with E-state index in [9.17, 15) is 22.0 Å². The number of aromatic nitrogens is 5. The molecule has 0 saturated carbocycles. The van der Waals surface area contributed by atoms with E-state index in [1.807, 2.05) is 0 Å². The Morgan fingerprint density at radius 3 is 2.39 bits per heavy atom. The van der Waals surface area contributed by atoms with Crippen molar-refractivity contribution in [3.05, 3.63) is 66.3 Å². The summed E-state index contributed by atoms with van der Waals surface area (Å²) in [6.45, 7) is -0.137. The molecule has 0 radical (unpaired) electrons. The number of fused-ring (bicyclic) bond motifs is 3. The molecule has 5 rings (SSSR count). The van der Waals surface area contributed by atoms with E-state index >= 15 is 0 Å². The van der Waals surface area contributed by atoms with E-state index in [4.69, 9.17) is 18.7 Å². The summed E-state index contributed by atoms with van der Waals surface area (Å²) < 4.78 is 79.8. The molecule has 36 heavy (non-hydrogen) atoms. The lowest BCUT2D eigenvalue weighted by Crippen LogP contribution is -2.34. The van der Waals surface area contributed by atoms with Crippen LogP contribution in [0.5, 0.6) is 0 Å². The third-order valence-corrected chi connectivity index (χ3v) is 5.63. The summed E-state index contributed by atoms with van der Waals surface area (Å²) in [6, 6.07) is 9.77. The van der Waals surface area contributed by atoms with E-state index in [2.05, 4.69) is 20.2 Å². The molecule has 0 saturated heterocycles. The molecule has 0 amide bonds. The third kappa shape index (κ3) is 4.28. The van der Waals surface area contributed by atoms with Crippen molar-refractivity contribution in [1.29, 1.82) is 0 Å². The normalized spacial score (nSPS) is 12.8. The Hall–Kier alpha value is -3.58. The fraction of sp³-hybridized carbons (Fsp3) is 0.143. The molecule has 5 aromatic rings. The van der Waals surface area contributed by atoms with Crippen molar-refractivity contribution < 1.29 is 40.7 Å². The van der Waals surface area contributed by atoms with Crippen LogP contribution in [0.1, 0.15) is 11.3 Å². The quantitative estimate of drug-likeness (QED) is 0.235. The van der Waals surface area contributed by atoms with Gasteiger partial charge in [-0.2, -0.15) is 22.0 Å². The van der Waals surface area contributed by atoms with Crippen molar-refractivity contribution in [2.24, 2.45) is 0 Å². The smallest absolute Gasteiger partial charge is 0.422 e. The Bertz CT molecular complexity index is 1540. The zero-order chi connectivity index (χ0) is 25.7. The fourth-order valence-electron chi connectivity index (χ4n) is 3.57. The van der Waals surface area contributed by atoms with Gasteiger partial charge < -0.3 is 18.7 Å². The van der Waals surface area contributed by atoms with Crippen LogP contribution >= 0.6 is 8.60 Å². The molecular formula is C21H13F5N5O4P. The Kier molecular flexibility index (Phi) is 5.91. The lowest BCUT2D eigenvalue weighted by Gasteiger charge is -2.21. The number of alkyl halides is 5. The maximum Gasteiger partial charge on any atom is 0.459 e. The second kappa shape index (κ2) is 8.82. The minimum Gasteiger partial charge on any atom is -0.422 e. The number of hydrogen-bond acceptors (Lipinski definition) is 8. The van der Waals surface area contributed by atoms with Crippen molar-refractivity contribution in [1.82, 2.24) is 24.6 Å². The minimum absolute atomic E-state index is 0.0242. The van der Waals surface area contributed by atoms with Crippen LogP contribution < -0.4 is 0 Å². The summed E-state index contributed by atoms with van der Waals surface area (Å²) in [5.74, 6) is -5.21. The van der Waals surface area contributed by atoms with Gasteiger partial charge in [0, 0.05) is 11.6 Å². The molecule has 4 heterocycles. The van der Waals surface area contributed by atoms with Crippen LogP contribution in [0.4, 0.5) is 22.0 Å². The number of halogens is 5. The Morgan fingerprint density at radius 2 is 1.75 bits per heavy atom. The summed E-state index contributed by atoms with van der Waals surface area (Å²) in [6.07, 6.45) is -3.47. The van der Waals surface area contributed by atoms with Crippen molar-refractivity contribution in [2.75, 3.05) is 0 Å². The van der Waals surface area contributed by atoms with E-state index in [0.717, 1.165) is 6.39 Å². The SMILES string of the molecule is OP(O)OCc1ccc(-c2cc(C(F)(F)C(F)(F)F)nc3c2ccc2nc(-c4nnco4)cn23)cc1. The van der Waals surface area contributed by atoms with Gasteiger partial charge in [0.25, 0.3) is 5.89 Å². The molecule has 2 N–H and O–H groups in total. The molecular weight excluding hydrogens is 512 g/mol. The number of pyridine rings is 2. The monoisotopic (exact) mass is 525 g/mol. The predicted molar refractivity (Wildman–Crippen MR) is 115 cm³/mol. The Labute approximate surface area is 198 Å². The summed E-state index contributed by atoms with van der Waals surface area (Å²) in [7, 11) is -2.58. The molecule has 0 aliphatic carbocycles. The van der Waals surface area contributed by atoms with E-state index < -0.39 is 26.4 Å². The molecule has 0 atom stereocenters. The van der Waals surface area contributed by atoms with Gasteiger partial charge in [0.15, 0.2) is 0 Å². The van der Waals surface area contributed by atoms with Crippen LogP contribution in [-0.2, 0) is 17.1 Å². The number of imidazole rings is 1. The highest BCUT2D eigenvalue weighted by Crippen LogP contribution is 2.45. The molecule has 0 unspecified atom stereocenters. The fourth-order valence-corrected chi connectivity index (χ4v) is 3.84. The number of rotatable bonds is 6. The molecule has 15 heteroatoms. The topological polar surface area (TPSA) is 119 Å². The maximum atomic E-state index is 14.4. The van der Waals surface area contributed by atoms with Crippen LogP contribution in [0.15, 0.2) is 59.5 Å². The third-order valence-electron chi connectivity index (χ3n) is 5.27. The second-order valence-electron chi connectivity index (χ2n) is 7.52. The van der Waals surface area contributed by atoms with Gasteiger partial charge in [0.1, 0.15) is 22.7 Å². The highest BCUT2D eigenvalue weighted by Gasteiger charge is 2.60. The molecule has 0 aliphatic heterocycles. The summed E-state index contributed by atoms with van der Waals surface area (Å²) in [5.41, 5.74) is -0.399. The first-order chi connectivity index (χ1) is 17.0. The van der Waals surface area contributed by atoms with Crippen molar-refractivity contribution in [3.63, 3.8) is 0 Å². The Morgan fingerprint density at radius 1 is 1.00 bits per heavy atom. The van der Waals surface area contributed by atoms with Crippen LogP contribution in [0.25, 0.3) is 39.4 Å². The first kappa shape index (κ1) is 24.1. The maximum absolute atomic E-state index is 14.4. The first-order valence-corrected chi connectivity index (χ1v) is 11.2. The average Bonchev–Trinajstić information content (AvgIpc) is 3.51. The number of hydrogen-bond donors (Lipinski definition) is 2. The van der Waals surface area contributed by atoms with Gasteiger partial charge in [0.2, 0.25) is 6.39 Å². The van der Waals surface area contributed by atoms with E-state index in [1.54, 1.807) is 6.07 Å². The van der Waals surface area contributed by atoms with Crippen molar-refractivity contribution >= 4 is 25.3 Å². The predicted octanol–water partition coefficient (Wildman–Crippen LogP) is 4.98.